The Morgan fingerprint density at radius 1 is 1.33 bits per heavy atom. The molecule has 1 atom stereocenters. The molecule has 1 rings (SSSR count). The topological polar surface area (TPSA) is 20.2 Å². The maximum Gasteiger partial charge on any atom is 0.233 e. The van der Waals surface area contributed by atoms with E-state index in [-0.39, 0.29) is 12.0 Å². The second-order valence-electron chi connectivity index (χ2n) is 3.92. The Bertz CT molecular complexity index is 356. The lowest BCUT2D eigenvalue weighted by atomic mass is 9.97. The van der Waals surface area contributed by atoms with E-state index in [1.807, 2.05) is 6.92 Å². The van der Waals surface area contributed by atoms with Crippen LogP contribution in [0.25, 0.3) is 0 Å². The van der Waals surface area contributed by atoms with Gasteiger partial charge in [-0.1, -0.05) is 31.0 Å². The molecule has 0 spiro atoms. The van der Waals surface area contributed by atoms with Crippen molar-refractivity contribution in [2.24, 2.45) is 0 Å². The number of halogens is 4. The highest BCUT2D eigenvalue weighted by molar-refractivity contribution is 6.30. The second kappa shape index (κ2) is 8.38. The molecule has 0 fully saturated rings. The molecule has 0 saturated heterocycles. The van der Waals surface area contributed by atoms with Crippen LogP contribution >= 0.6 is 11.6 Å². The molecule has 0 saturated carbocycles. The molecule has 5 heteroatoms. The molecule has 0 bridgehead atoms. The number of hydrogen-bond acceptors (Lipinski definition) is 1. The van der Waals surface area contributed by atoms with Crippen molar-refractivity contribution in [2.45, 2.75) is 39.0 Å². The van der Waals surface area contributed by atoms with Gasteiger partial charge in [-0.25, -0.2) is 13.2 Å². The predicted molar refractivity (Wildman–Crippen MR) is 67.8 cm³/mol. The first-order valence-corrected chi connectivity index (χ1v) is 6.06. The summed E-state index contributed by atoms with van der Waals surface area (Å²) in [6, 6.07) is 4.90. The average molecular weight is 283 g/mol. The number of hydrogen-bond donors (Lipinski definition) is 1. The summed E-state index contributed by atoms with van der Waals surface area (Å²) < 4.78 is 33.2. The average Bonchev–Trinajstić information content (AvgIpc) is 2.31. The van der Waals surface area contributed by atoms with Crippen LogP contribution in [0.3, 0.4) is 0 Å². The molecule has 0 radical (unpaired) electrons. The monoisotopic (exact) mass is 282 g/mol. The van der Waals surface area contributed by atoms with Gasteiger partial charge < -0.3 is 5.11 Å². The van der Waals surface area contributed by atoms with E-state index in [0.717, 1.165) is 12.0 Å². The van der Waals surface area contributed by atoms with Gasteiger partial charge in [0.15, 0.2) is 0 Å². The molecule has 0 amide bonds. The van der Waals surface area contributed by atoms with Crippen molar-refractivity contribution >= 4 is 11.6 Å². The zero-order valence-corrected chi connectivity index (χ0v) is 11.3. The molecule has 1 N–H and O–H groups in total. The number of aryl methyl sites for hydroxylation is 1. The third-order valence-corrected chi connectivity index (χ3v) is 2.71. The van der Waals surface area contributed by atoms with Crippen molar-refractivity contribution in [3.63, 3.8) is 0 Å². The lowest BCUT2D eigenvalue weighted by Gasteiger charge is -2.21. The molecular weight excluding hydrogens is 265 g/mol. The summed E-state index contributed by atoms with van der Waals surface area (Å²) in [5.74, 6) is -2.26. The Morgan fingerprint density at radius 3 is 2.39 bits per heavy atom. The van der Waals surface area contributed by atoms with Crippen molar-refractivity contribution in [1.82, 2.24) is 0 Å². The molecule has 104 valence electrons. The van der Waals surface area contributed by atoms with Gasteiger partial charge >= 0.3 is 0 Å². The summed E-state index contributed by atoms with van der Waals surface area (Å²) in [5, 5.41) is 10.1. The number of unbranched alkanes of at least 4 members (excludes halogenated alkanes) is 1. The molecule has 1 aromatic carbocycles. The van der Waals surface area contributed by atoms with Crippen LogP contribution in [0.2, 0.25) is 5.02 Å². The van der Waals surface area contributed by atoms with Crippen LogP contribution in [0, 0.1) is 6.92 Å². The smallest absolute Gasteiger partial charge is 0.233 e. The van der Waals surface area contributed by atoms with Crippen LogP contribution < -0.4 is 0 Å². The van der Waals surface area contributed by atoms with E-state index in [9.17, 15) is 18.3 Å². The van der Waals surface area contributed by atoms with Crippen molar-refractivity contribution in [1.29, 1.82) is 0 Å². The summed E-state index contributed by atoms with van der Waals surface area (Å²) in [6.45, 7) is 1.98. The maximum absolute atomic E-state index is 13.9. The first kappa shape index (κ1) is 17.3. The number of alkyl halides is 3. The number of rotatable bonds is 4. The molecular formula is C13H18ClF3O. The third kappa shape index (κ3) is 5.74. The van der Waals surface area contributed by atoms with Crippen LogP contribution in [-0.2, 0) is 5.85 Å². The van der Waals surface area contributed by atoms with Gasteiger partial charge in [-0.05, 0) is 31.0 Å². The lowest BCUT2D eigenvalue weighted by Crippen LogP contribution is -2.20. The van der Waals surface area contributed by atoms with Gasteiger partial charge in [0, 0.05) is 17.0 Å². The molecule has 1 aromatic rings. The van der Waals surface area contributed by atoms with Gasteiger partial charge in [-0.15, -0.1) is 0 Å². The molecule has 0 aliphatic rings. The van der Waals surface area contributed by atoms with E-state index in [0.29, 0.717) is 11.4 Å². The van der Waals surface area contributed by atoms with Crippen molar-refractivity contribution in [3.05, 3.63) is 34.3 Å². The second-order valence-corrected chi connectivity index (χ2v) is 4.36. The largest absolute Gasteiger partial charge is 0.358 e. The fraction of sp³-hybridized carbons (Fsp3) is 0.538. The third-order valence-electron chi connectivity index (χ3n) is 2.47. The summed E-state index contributed by atoms with van der Waals surface area (Å²) >= 11 is 5.78. The molecule has 0 aliphatic heterocycles. The van der Waals surface area contributed by atoms with E-state index in [1.165, 1.54) is 6.07 Å². The predicted octanol–water partition coefficient (Wildman–Crippen LogP) is 4.84. The molecule has 18 heavy (non-hydrogen) atoms. The van der Waals surface area contributed by atoms with Crippen molar-refractivity contribution in [2.75, 3.05) is 6.93 Å². The fourth-order valence-corrected chi connectivity index (χ4v) is 1.72. The lowest BCUT2D eigenvalue weighted by molar-refractivity contribution is -0.104. The number of aliphatic hydroxyl groups is 1. The standard InChI is InChI=1S/C12H16ClFO.CH2F2/c1-3-4-7-12(14,15)11-8-10(13)6-5-9(11)2;2-1-3/h5-6,8,15H,3-4,7H2,1-2H3;1H2. The van der Waals surface area contributed by atoms with Crippen molar-refractivity contribution in [3.8, 4) is 0 Å². The molecule has 0 aromatic heterocycles. The van der Waals surface area contributed by atoms with E-state index in [1.54, 1.807) is 19.1 Å². The quantitative estimate of drug-likeness (QED) is 0.838. The van der Waals surface area contributed by atoms with Crippen LogP contribution in [0.5, 0.6) is 0 Å². The summed E-state index contributed by atoms with van der Waals surface area (Å²) in [4.78, 5) is 0. The fourth-order valence-electron chi connectivity index (χ4n) is 1.55. The van der Waals surface area contributed by atoms with E-state index < -0.39 is 12.8 Å². The Kier molecular flexibility index (Phi) is 8.03. The minimum absolute atomic E-state index is 0.116. The highest BCUT2D eigenvalue weighted by atomic mass is 35.5. The zero-order chi connectivity index (χ0) is 14.2. The summed E-state index contributed by atoms with van der Waals surface area (Å²) in [5.41, 5.74) is 1.00. The SMILES string of the molecule is CCCCC(O)(F)c1cc(Cl)ccc1C.FCF. The van der Waals surface area contributed by atoms with Crippen LogP contribution in [0.1, 0.15) is 37.3 Å². The van der Waals surface area contributed by atoms with E-state index >= 15 is 0 Å². The summed E-state index contributed by atoms with van der Waals surface area (Å²) in [6.07, 6.45) is 1.62. The van der Waals surface area contributed by atoms with Crippen LogP contribution in [0.4, 0.5) is 13.2 Å². The van der Waals surface area contributed by atoms with Gasteiger partial charge in [-0.3, -0.25) is 0 Å². The Labute approximate surface area is 111 Å². The molecule has 0 aliphatic carbocycles. The minimum Gasteiger partial charge on any atom is -0.358 e. The normalized spacial score (nSPS) is 13.5. The molecule has 1 nitrogen and oxygen atoms in total. The van der Waals surface area contributed by atoms with Crippen LogP contribution in [0.15, 0.2) is 18.2 Å². The van der Waals surface area contributed by atoms with Gasteiger partial charge in [0.05, 0.1) is 0 Å². The summed E-state index contributed by atoms with van der Waals surface area (Å²) in [7, 11) is 0. The highest BCUT2D eigenvalue weighted by Crippen LogP contribution is 2.32. The van der Waals surface area contributed by atoms with E-state index in [2.05, 4.69) is 0 Å². The molecule has 1 unspecified atom stereocenters. The molecule has 0 heterocycles. The van der Waals surface area contributed by atoms with Gasteiger partial charge in [0.1, 0.15) is 0 Å². The minimum atomic E-state index is -2.26. The highest BCUT2D eigenvalue weighted by Gasteiger charge is 2.29. The Morgan fingerprint density at radius 2 is 1.89 bits per heavy atom. The number of benzene rings is 1. The van der Waals surface area contributed by atoms with Gasteiger partial charge in [0.2, 0.25) is 12.8 Å². The van der Waals surface area contributed by atoms with Crippen LogP contribution in [-0.4, -0.2) is 12.0 Å². The van der Waals surface area contributed by atoms with Gasteiger partial charge in [-0.2, -0.15) is 0 Å². The first-order valence-electron chi connectivity index (χ1n) is 5.68. The van der Waals surface area contributed by atoms with Crippen molar-refractivity contribution < 1.29 is 18.3 Å². The van der Waals surface area contributed by atoms with E-state index in [4.69, 9.17) is 11.6 Å². The zero-order valence-electron chi connectivity index (χ0n) is 10.5. The Hall–Kier alpha value is -0.740. The first-order chi connectivity index (χ1) is 8.38. The van der Waals surface area contributed by atoms with Gasteiger partial charge in [0.25, 0.3) is 0 Å². The maximum atomic E-state index is 13.9. The Balaban J connectivity index is 0.000000873.